The first-order valence-corrected chi connectivity index (χ1v) is 13.9. The maximum atomic E-state index is 14.1. The normalized spacial score (nSPS) is 19.7. The first-order chi connectivity index (χ1) is 20.1. The van der Waals surface area contributed by atoms with Crippen LogP contribution in [-0.2, 0) is 9.53 Å². The Kier molecular flexibility index (Phi) is 8.98. The molecule has 1 amide bonds. The van der Waals surface area contributed by atoms with Crippen LogP contribution in [0.15, 0.2) is 95.0 Å². The lowest BCUT2D eigenvalue weighted by atomic mass is 9.83. The monoisotopic (exact) mass is 551 g/mol. The predicted octanol–water partition coefficient (Wildman–Crippen LogP) is 6.28. The molecular weight excluding hydrogens is 518 g/mol. The number of nitrogens with one attached hydrogen (secondary N) is 1. The summed E-state index contributed by atoms with van der Waals surface area (Å²) in [4.78, 5) is 22.1. The highest BCUT2D eigenvalue weighted by Gasteiger charge is 2.53. The van der Waals surface area contributed by atoms with Crippen molar-refractivity contribution in [2.24, 2.45) is 16.0 Å². The first kappa shape index (κ1) is 28.0. The molecule has 0 radical (unpaired) electrons. The molecule has 0 unspecified atom stereocenters. The van der Waals surface area contributed by atoms with Gasteiger partial charge < -0.3 is 19.9 Å². The summed E-state index contributed by atoms with van der Waals surface area (Å²) in [5, 5.41) is 16.1. The highest BCUT2D eigenvalue weighted by molar-refractivity contribution is 6.01. The van der Waals surface area contributed by atoms with Gasteiger partial charge in [0.1, 0.15) is 5.75 Å². The van der Waals surface area contributed by atoms with Gasteiger partial charge in [0.15, 0.2) is 11.6 Å². The van der Waals surface area contributed by atoms with E-state index in [1.54, 1.807) is 12.1 Å². The van der Waals surface area contributed by atoms with Gasteiger partial charge in [-0.2, -0.15) is 0 Å². The Morgan fingerprint density at radius 2 is 1.88 bits per heavy atom. The number of hydrogen-bond acceptors (Lipinski definition) is 6. The largest absolute Gasteiger partial charge is 0.494 e. The molecule has 0 saturated heterocycles. The summed E-state index contributed by atoms with van der Waals surface area (Å²) in [5.74, 6) is 1.23. The van der Waals surface area contributed by atoms with Gasteiger partial charge in [0, 0.05) is 47.7 Å². The second-order valence-electron chi connectivity index (χ2n) is 10.2. The average Bonchev–Trinajstić information content (AvgIpc) is 3.76. The minimum absolute atomic E-state index is 0.0606. The standard InChI is InChI=1S/C32H33N5O4/c33-37-36-28-12-5-4-11-27(28)29-32(31(39)34-22-24-13-14-24,19-6-10-23-8-2-1-3-9-23)35-30(41-29)25-15-17-26(18-16-25)40-21-7-20-38/h1-6,8-12,15-18,24,29,38H,7,13-14,19-22H2,(H,34,39)/b10-6+/t29-,32-/m1/s1. The fourth-order valence-corrected chi connectivity index (χ4v) is 4.79. The van der Waals surface area contributed by atoms with Crippen LogP contribution < -0.4 is 10.1 Å². The molecule has 41 heavy (non-hydrogen) atoms. The summed E-state index contributed by atoms with van der Waals surface area (Å²) in [5.41, 5.74) is 10.6. The fourth-order valence-electron chi connectivity index (χ4n) is 4.79. The van der Waals surface area contributed by atoms with Gasteiger partial charge in [-0.15, -0.1) is 0 Å². The second kappa shape index (κ2) is 13.2. The van der Waals surface area contributed by atoms with Crippen molar-refractivity contribution in [2.75, 3.05) is 19.8 Å². The van der Waals surface area contributed by atoms with E-state index in [1.165, 1.54) is 0 Å². The van der Waals surface area contributed by atoms with E-state index >= 15 is 0 Å². The zero-order valence-corrected chi connectivity index (χ0v) is 22.7. The van der Waals surface area contributed by atoms with Gasteiger partial charge >= 0.3 is 0 Å². The smallest absolute Gasteiger partial charge is 0.252 e. The fraction of sp³-hybridized carbons (Fsp3) is 0.312. The Bertz CT molecular complexity index is 1450. The Hall–Kier alpha value is -4.59. The molecule has 2 N–H and O–H groups in total. The summed E-state index contributed by atoms with van der Waals surface area (Å²) in [6, 6.07) is 24.3. The van der Waals surface area contributed by atoms with Crippen molar-refractivity contribution in [3.8, 4) is 5.75 Å². The molecule has 2 aliphatic rings. The number of azide groups is 1. The molecule has 1 saturated carbocycles. The van der Waals surface area contributed by atoms with Gasteiger partial charge in [0.2, 0.25) is 5.90 Å². The van der Waals surface area contributed by atoms with Crippen molar-refractivity contribution >= 4 is 23.6 Å². The quantitative estimate of drug-likeness (QED) is 0.112. The molecule has 1 heterocycles. The summed E-state index contributed by atoms with van der Waals surface area (Å²) >= 11 is 0. The summed E-state index contributed by atoms with van der Waals surface area (Å²) in [7, 11) is 0. The van der Waals surface area contributed by atoms with Crippen LogP contribution in [0.5, 0.6) is 5.75 Å². The Labute approximate surface area is 239 Å². The topological polar surface area (TPSA) is 129 Å². The number of aliphatic imine (C=N–C) groups is 1. The second-order valence-corrected chi connectivity index (χ2v) is 10.2. The zero-order valence-electron chi connectivity index (χ0n) is 22.7. The molecule has 9 heteroatoms. The highest BCUT2D eigenvalue weighted by atomic mass is 16.5. The van der Waals surface area contributed by atoms with Gasteiger partial charge in [0.05, 0.1) is 6.61 Å². The molecule has 5 rings (SSSR count). The van der Waals surface area contributed by atoms with E-state index in [4.69, 9.17) is 19.6 Å². The minimum atomic E-state index is -1.34. The Morgan fingerprint density at radius 3 is 2.61 bits per heavy atom. The van der Waals surface area contributed by atoms with Crippen LogP contribution in [0.4, 0.5) is 5.69 Å². The van der Waals surface area contributed by atoms with Crippen LogP contribution in [0, 0.1) is 5.92 Å². The van der Waals surface area contributed by atoms with E-state index in [-0.39, 0.29) is 18.9 Å². The molecule has 3 aromatic rings. The molecule has 1 aliphatic heterocycles. The molecule has 0 bridgehead atoms. The summed E-state index contributed by atoms with van der Waals surface area (Å²) in [6.45, 7) is 1.05. The number of hydrogen-bond donors (Lipinski definition) is 2. The third-order valence-electron chi connectivity index (χ3n) is 7.19. The van der Waals surface area contributed by atoms with Crippen molar-refractivity contribution in [1.29, 1.82) is 0 Å². The lowest BCUT2D eigenvalue weighted by Gasteiger charge is -2.30. The molecular formula is C32H33N5O4. The van der Waals surface area contributed by atoms with E-state index in [0.29, 0.717) is 54.0 Å². The molecule has 3 aromatic carbocycles. The van der Waals surface area contributed by atoms with Crippen LogP contribution >= 0.6 is 0 Å². The number of rotatable bonds is 13. The van der Waals surface area contributed by atoms with Crippen LogP contribution in [0.2, 0.25) is 0 Å². The third-order valence-corrected chi connectivity index (χ3v) is 7.19. The SMILES string of the molecule is [N-]=[N+]=Nc1ccccc1[C@H]1OC(c2ccc(OCCCO)cc2)=N[C@@]1(C/C=C/c1ccccc1)C(=O)NCC1CC1. The van der Waals surface area contributed by atoms with Crippen LogP contribution in [0.25, 0.3) is 16.5 Å². The van der Waals surface area contributed by atoms with Crippen molar-refractivity contribution in [1.82, 2.24) is 5.32 Å². The first-order valence-electron chi connectivity index (χ1n) is 13.9. The van der Waals surface area contributed by atoms with E-state index in [2.05, 4.69) is 15.3 Å². The lowest BCUT2D eigenvalue weighted by molar-refractivity contribution is -0.128. The van der Waals surface area contributed by atoms with E-state index in [9.17, 15) is 10.3 Å². The van der Waals surface area contributed by atoms with Gasteiger partial charge in [-0.25, -0.2) is 4.99 Å². The summed E-state index contributed by atoms with van der Waals surface area (Å²) in [6.07, 6.45) is 6.09. The van der Waals surface area contributed by atoms with Crippen molar-refractivity contribution in [2.45, 2.75) is 37.3 Å². The molecule has 9 nitrogen and oxygen atoms in total. The molecule has 1 fully saturated rings. The van der Waals surface area contributed by atoms with Crippen LogP contribution in [0.3, 0.4) is 0 Å². The van der Waals surface area contributed by atoms with Crippen LogP contribution in [0.1, 0.15) is 48.5 Å². The number of aliphatic hydroxyl groups is 1. The molecule has 1 aliphatic carbocycles. The number of amides is 1. The molecule has 2 atom stereocenters. The molecule has 0 spiro atoms. The van der Waals surface area contributed by atoms with Crippen molar-refractivity contribution in [3.63, 3.8) is 0 Å². The Balaban J connectivity index is 1.55. The summed E-state index contributed by atoms with van der Waals surface area (Å²) < 4.78 is 12.2. The van der Waals surface area contributed by atoms with E-state index in [0.717, 1.165) is 18.4 Å². The minimum Gasteiger partial charge on any atom is -0.494 e. The lowest BCUT2D eigenvalue weighted by Crippen LogP contribution is -2.48. The predicted molar refractivity (Wildman–Crippen MR) is 158 cm³/mol. The van der Waals surface area contributed by atoms with Crippen LogP contribution in [-0.4, -0.2) is 42.2 Å². The number of aliphatic hydroxyl groups excluding tert-OH is 1. The van der Waals surface area contributed by atoms with Gasteiger partial charge in [-0.1, -0.05) is 71.9 Å². The number of nitrogens with zero attached hydrogens (tertiary/aromatic N) is 4. The maximum absolute atomic E-state index is 14.1. The van der Waals surface area contributed by atoms with Crippen molar-refractivity contribution < 1.29 is 19.4 Å². The number of ether oxygens (including phenoxy) is 2. The average molecular weight is 552 g/mol. The van der Waals surface area contributed by atoms with Gasteiger partial charge in [-0.3, -0.25) is 4.79 Å². The van der Waals surface area contributed by atoms with Gasteiger partial charge in [0.25, 0.3) is 5.91 Å². The number of carbonyl (C=O) groups excluding carboxylic acids is 1. The number of carbonyl (C=O) groups is 1. The third kappa shape index (κ3) is 6.77. The highest BCUT2D eigenvalue weighted by Crippen LogP contribution is 2.46. The molecule has 0 aromatic heterocycles. The van der Waals surface area contributed by atoms with Gasteiger partial charge in [-0.05, 0) is 54.1 Å². The van der Waals surface area contributed by atoms with E-state index in [1.807, 2.05) is 78.9 Å². The maximum Gasteiger partial charge on any atom is 0.252 e. The number of benzene rings is 3. The van der Waals surface area contributed by atoms with Crippen molar-refractivity contribution in [3.05, 3.63) is 112 Å². The zero-order chi connectivity index (χ0) is 28.5. The Morgan fingerprint density at radius 1 is 1.12 bits per heavy atom. The van der Waals surface area contributed by atoms with E-state index < -0.39 is 11.6 Å². The molecule has 210 valence electrons.